The Bertz CT molecular complexity index is 595. The van der Waals surface area contributed by atoms with Crippen molar-refractivity contribution in [3.05, 3.63) is 23.2 Å². The zero-order valence-corrected chi connectivity index (χ0v) is 12.9. The van der Waals surface area contributed by atoms with E-state index in [2.05, 4.69) is 9.62 Å². The molecule has 1 aromatic carbocycles. The molecule has 1 saturated carbocycles. The molecule has 0 bridgehead atoms. The molecule has 3 rings (SSSR count). The highest BCUT2D eigenvalue weighted by Gasteiger charge is 2.32. The summed E-state index contributed by atoms with van der Waals surface area (Å²) in [6.07, 6.45) is 7.21. The first-order chi connectivity index (χ1) is 9.58. The molecule has 0 aromatic heterocycles. The summed E-state index contributed by atoms with van der Waals surface area (Å²) in [6.45, 7) is 0.348. The number of rotatable bonds is 1. The molecule has 1 N–H and O–H groups in total. The molecule has 1 aliphatic heterocycles. The average Bonchev–Trinajstić information content (AvgIpc) is 2.67. The number of hydrogen-bond acceptors (Lipinski definition) is 3. The fourth-order valence-electron chi connectivity index (χ4n) is 3.15. The van der Waals surface area contributed by atoms with Crippen LogP contribution in [-0.4, -0.2) is 21.1 Å². The predicted molar refractivity (Wildman–Crippen MR) is 80.6 cm³/mol. The third kappa shape index (κ3) is 2.67. The molecular weight excluding hydrogens is 296 g/mol. The van der Waals surface area contributed by atoms with Crippen LogP contribution < -0.4 is 9.62 Å². The second-order valence-electron chi connectivity index (χ2n) is 5.53. The molecule has 1 heterocycles. The van der Waals surface area contributed by atoms with Gasteiger partial charge < -0.3 is 4.90 Å². The Morgan fingerprint density at radius 2 is 1.85 bits per heavy atom. The lowest BCUT2D eigenvalue weighted by Gasteiger charge is -2.37. The first-order valence-corrected chi connectivity index (χ1v) is 9.00. The second kappa shape index (κ2) is 5.54. The van der Waals surface area contributed by atoms with Crippen LogP contribution in [0.25, 0.3) is 0 Å². The summed E-state index contributed by atoms with van der Waals surface area (Å²) < 4.78 is 26.9. The van der Waals surface area contributed by atoms with Crippen LogP contribution in [0.5, 0.6) is 0 Å². The van der Waals surface area contributed by atoms with Gasteiger partial charge in [-0.05, 0) is 31.0 Å². The zero-order chi connectivity index (χ0) is 14.2. The first kappa shape index (κ1) is 14.2. The third-order valence-corrected chi connectivity index (χ3v) is 5.88. The molecule has 1 fully saturated rings. The van der Waals surface area contributed by atoms with Crippen molar-refractivity contribution < 1.29 is 8.42 Å². The summed E-state index contributed by atoms with van der Waals surface area (Å²) in [5, 5.41) is 0.583. The standard InChI is InChI=1S/C14H19ClN2O2S/c15-11-7-8-14-13(9-11)17(10-16-20(14,18)19)12-5-3-1-2-4-6-12/h7-9,12,16H,1-6,10H2. The maximum absolute atomic E-state index is 12.1. The topological polar surface area (TPSA) is 49.4 Å². The van der Waals surface area contributed by atoms with Crippen LogP contribution in [0.3, 0.4) is 0 Å². The smallest absolute Gasteiger partial charge is 0.244 e. The molecule has 4 nitrogen and oxygen atoms in total. The third-order valence-electron chi connectivity index (χ3n) is 4.21. The van der Waals surface area contributed by atoms with Gasteiger partial charge >= 0.3 is 0 Å². The van der Waals surface area contributed by atoms with Gasteiger partial charge in [-0.3, -0.25) is 0 Å². The number of hydrogen-bond donors (Lipinski definition) is 1. The highest BCUT2D eigenvalue weighted by molar-refractivity contribution is 7.89. The van der Waals surface area contributed by atoms with Crippen LogP contribution in [0.1, 0.15) is 38.5 Å². The fraction of sp³-hybridized carbons (Fsp3) is 0.571. The Labute approximate surface area is 125 Å². The van der Waals surface area contributed by atoms with Crippen LogP contribution in [0.15, 0.2) is 23.1 Å². The molecule has 0 saturated heterocycles. The Morgan fingerprint density at radius 1 is 1.15 bits per heavy atom. The van der Waals surface area contributed by atoms with Crippen molar-refractivity contribution in [3.8, 4) is 0 Å². The van der Waals surface area contributed by atoms with E-state index in [4.69, 9.17) is 11.6 Å². The Kier molecular flexibility index (Phi) is 3.93. The molecule has 20 heavy (non-hydrogen) atoms. The molecule has 110 valence electrons. The molecule has 1 aromatic rings. The molecule has 2 aliphatic rings. The van der Waals surface area contributed by atoms with E-state index in [9.17, 15) is 8.42 Å². The minimum Gasteiger partial charge on any atom is -0.354 e. The van der Waals surface area contributed by atoms with E-state index in [0.29, 0.717) is 22.6 Å². The fourth-order valence-corrected chi connectivity index (χ4v) is 4.48. The molecule has 0 radical (unpaired) electrons. The van der Waals surface area contributed by atoms with E-state index in [1.807, 2.05) is 0 Å². The second-order valence-corrected chi connectivity index (χ2v) is 7.70. The SMILES string of the molecule is O=S1(=O)NCN(C2CCCCCC2)c2cc(Cl)ccc21. The van der Waals surface area contributed by atoms with E-state index in [1.165, 1.54) is 25.7 Å². The van der Waals surface area contributed by atoms with Crippen molar-refractivity contribution in [1.29, 1.82) is 0 Å². The van der Waals surface area contributed by atoms with Gasteiger partial charge in [0.2, 0.25) is 10.0 Å². The van der Waals surface area contributed by atoms with Crippen molar-refractivity contribution in [2.45, 2.75) is 49.5 Å². The lowest BCUT2D eigenvalue weighted by molar-refractivity contribution is 0.501. The van der Waals surface area contributed by atoms with Crippen LogP contribution in [0.4, 0.5) is 5.69 Å². The number of sulfonamides is 1. The molecule has 6 heteroatoms. The zero-order valence-electron chi connectivity index (χ0n) is 11.3. The summed E-state index contributed by atoms with van der Waals surface area (Å²) >= 11 is 6.06. The van der Waals surface area contributed by atoms with Crippen molar-refractivity contribution in [2.75, 3.05) is 11.6 Å². The van der Waals surface area contributed by atoms with Gasteiger partial charge in [0.1, 0.15) is 4.90 Å². The van der Waals surface area contributed by atoms with Crippen LogP contribution in [-0.2, 0) is 10.0 Å². The van der Waals surface area contributed by atoms with E-state index in [1.54, 1.807) is 18.2 Å². The first-order valence-electron chi connectivity index (χ1n) is 7.14. The summed E-state index contributed by atoms with van der Waals surface area (Å²) in [5.74, 6) is 0. The number of fused-ring (bicyclic) bond motifs is 1. The molecule has 0 spiro atoms. The van der Waals surface area contributed by atoms with Crippen molar-refractivity contribution >= 4 is 27.3 Å². The van der Waals surface area contributed by atoms with E-state index < -0.39 is 10.0 Å². The van der Waals surface area contributed by atoms with Crippen LogP contribution in [0, 0.1) is 0 Å². The number of benzene rings is 1. The molecular formula is C14H19ClN2O2S. The lowest BCUT2D eigenvalue weighted by atomic mass is 10.1. The molecule has 0 unspecified atom stereocenters. The lowest BCUT2D eigenvalue weighted by Crippen LogP contribution is -2.48. The Morgan fingerprint density at radius 3 is 2.55 bits per heavy atom. The monoisotopic (exact) mass is 314 g/mol. The van der Waals surface area contributed by atoms with Gasteiger partial charge in [-0.2, -0.15) is 4.72 Å². The van der Waals surface area contributed by atoms with Gasteiger partial charge in [-0.15, -0.1) is 0 Å². The largest absolute Gasteiger partial charge is 0.354 e. The number of anilines is 1. The van der Waals surface area contributed by atoms with Gasteiger partial charge in [0, 0.05) is 11.1 Å². The van der Waals surface area contributed by atoms with Crippen LogP contribution >= 0.6 is 11.6 Å². The van der Waals surface area contributed by atoms with Crippen molar-refractivity contribution in [2.24, 2.45) is 0 Å². The van der Waals surface area contributed by atoms with Gasteiger partial charge in [0.15, 0.2) is 0 Å². The van der Waals surface area contributed by atoms with Crippen LogP contribution in [0.2, 0.25) is 5.02 Å². The van der Waals surface area contributed by atoms with E-state index >= 15 is 0 Å². The minimum atomic E-state index is -3.39. The summed E-state index contributed by atoms with van der Waals surface area (Å²) in [6, 6.07) is 5.41. The summed E-state index contributed by atoms with van der Waals surface area (Å²) in [4.78, 5) is 2.52. The molecule has 1 aliphatic carbocycles. The highest BCUT2D eigenvalue weighted by atomic mass is 35.5. The maximum atomic E-state index is 12.1. The normalized spacial score (nSPS) is 23.1. The van der Waals surface area contributed by atoms with Gasteiger partial charge in [-0.25, -0.2) is 8.42 Å². The van der Waals surface area contributed by atoms with Crippen molar-refractivity contribution in [1.82, 2.24) is 4.72 Å². The molecule has 0 amide bonds. The highest BCUT2D eigenvalue weighted by Crippen LogP contribution is 2.35. The van der Waals surface area contributed by atoms with Gasteiger partial charge in [0.25, 0.3) is 0 Å². The number of halogens is 1. The predicted octanol–water partition coefficient (Wildman–Crippen LogP) is 3.12. The average molecular weight is 315 g/mol. The van der Waals surface area contributed by atoms with Crippen molar-refractivity contribution in [3.63, 3.8) is 0 Å². The maximum Gasteiger partial charge on any atom is 0.244 e. The summed E-state index contributed by atoms with van der Waals surface area (Å²) in [5.41, 5.74) is 0.753. The summed E-state index contributed by atoms with van der Waals surface area (Å²) in [7, 11) is -3.39. The van der Waals surface area contributed by atoms with Gasteiger partial charge in [-0.1, -0.05) is 37.3 Å². The number of nitrogens with zero attached hydrogens (tertiary/aromatic N) is 1. The Hall–Kier alpha value is -0.780. The minimum absolute atomic E-state index is 0.345. The Balaban J connectivity index is 2.00. The van der Waals surface area contributed by atoms with Gasteiger partial charge in [0.05, 0.1) is 12.4 Å². The quantitative estimate of drug-likeness (QED) is 0.810. The molecule has 0 atom stereocenters. The van der Waals surface area contributed by atoms with E-state index in [-0.39, 0.29) is 0 Å². The number of nitrogens with one attached hydrogen (secondary N) is 1. The van der Waals surface area contributed by atoms with E-state index in [0.717, 1.165) is 18.5 Å².